The molecule has 0 amide bonds. The molecule has 2 aliphatic rings. The molecule has 1 saturated carbocycles. The molecule has 13 heavy (non-hydrogen) atoms. The summed E-state index contributed by atoms with van der Waals surface area (Å²) in [7, 11) is 0. The highest BCUT2D eigenvalue weighted by atomic mass is 14.5. The molecule has 0 aromatic carbocycles. The van der Waals surface area contributed by atoms with E-state index in [0.717, 1.165) is 29.6 Å². The van der Waals surface area contributed by atoms with Crippen molar-refractivity contribution in [2.24, 2.45) is 11.8 Å². The zero-order valence-electron chi connectivity index (χ0n) is 7.54. The first kappa shape index (κ1) is 8.08. The molecule has 0 aliphatic heterocycles. The summed E-state index contributed by atoms with van der Waals surface area (Å²) in [5, 5.41) is 17.8. The molecule has 0 heterocycles. The van der Waals surface area contributed by atoms with Gasteiger partial charge in [-0.25, -0.2) is 0 Å². The van der Waals surface area contributed by atoms with Crippen LogP contribution >= 0.6 is 0 Å². The van der Waals surface area contributed by atoms with Crippen LogP contribution in [0.25, 0.3) is 0 Å². The molecule has 2 nitrogen and oxygen atoms in total. The van der Waals surface area contributed by atoms with Crippen LogP contribution in [0.5, 0.6) is 0 Å². The maximum Gasteiger partial charge on any atom is 0.0949 e. The lowest BCUT2D eigenvalue weighted by Crippen LogP contribution is -1.88. The highest BCUT2D eigenvalue weighted by molar-refractivity contribution is 5.44. The molecule has 0 aromatic rings. The molecule has 2 rings (SSSR count). The number of fused-ring (bicyclic) bond motifs is 1. The molecular formula is C11H10N2. The van der Waals surface area contributed by atoms with Crippen LogP contribution in [0.3, 0.4) is 0 Å². The van der Waals surface area contributed by atoms with Gasteiger partial charge < -0.3 is 0 Å². The Hall–Kier alpha value is -1.54. The molecule has 1 fully saturated rings. The van der Waals surface area contributed by atoms with Crippen molar-refractivity contribution < 1.29 is 0 Å². The van der Waals surface area contributed by atoms with Crippen LogP contribution in [0.4, 0.5) is 0 Å². The fourth-order valence-electron chi connectivity index (χ4n) is 2.01. The zero-order chi connectivity index (χ0) is 9.42. The number of hydrogen-bond acceptors (Lipinski definition) is 2. The van der Waals surface area contributed by atoms with Gasteiger partial charge in [-0.2, -0.15) is 10.5 Å². The number of rotatable bonds is 0. The van der Waals surface area contributed by atoms with Gasteiger partial charge in [0.1, 0.15) is 0 Å². The number of hydrogen-bond donors (Lipinski definition) is 0. The highest BCUT2D eigenvalue weighted by Crippen LogP contribution is 2.51. The van der Waals surface area contributed by atoms with Gasteiger partial charge in [0.05, 0.1) is 12.1 Å². The second kappa shape index (κ2) is 2.75. The zero-order valence-corrected chi connectivity index (χ0v) is 7.54. The van der Waals surface area contributed by atoms with Crippen LogP contribution in [0.15, 0.2) is 22.8 Å². The first-order chi connectivity index (χ1) is 6.27. The van der Waals surface area contributed by atoms with Gasteiger partial charge in [0.25, 0.3) is 0 Å². The van der Waals surface area contributed by atoms with Crippen molar-refractivity contribution in [3.8, 4) is 12.1 Å². The summed E-state index contributed by atoms with van der Waals surface area (Å²) >= 11 is 0. The Labute approximate surface area is 77.8 Å². The summed E-state index contributed by atoms with van der Waals surface area (Å²) in [6.45, 7) is 1.99. The predicted octanol–water partition coefficient (Wildman–Crippen LogP) is 2.32. The van der Waals surface area contributed by atoms with Crippen LogP contribution in [-0.4, -0.2) is 0 Å². The third-order valence-corrected chi connectivity index (χ3v) is 2.90. The molecule has 0 aromatic heterocycles. The van der Waals surface area contributed by atoms with E-state index < -0.39 is 0 Å². The summed E-state index contributed by atoms with van der Waals surface area (Å²) in [6.07, 6.45) is 3.75. The monoisotopic (exact) mass is 170 g/mol. The quantitative estimate of drug-likeness (QED) is 0.560. The second-order valence-electron chi connectivity index (χ2n) is 3.73. The molecule has 2 heteroatoms. The maximum atomic E-state index is 8.93. The van der Waals surface area contributed by atoms with Gasteiger partial charge in [0.15, 0.2) is 0 Å². The lowest BCUT2D eigenvalue weighted by molar-refractivity contribution is 0.924. The number of allylic oxidation sites excluding steroid dienone is 4. The summed E-state index contributed by atoms with van der Waals surface area (Å²) in [5.41, 5.74) is 2.95. The summed E-state index contributed by atoms with van der Waals surface area (Å²) in [5.74, 6) is 0.718. The molecule has 0 saturated heterocycles. The van der Waals surface area contributed by atoms with E-state index in [4.69, 9.17) is 10.5 Å². The Kier molecular flexibility index (Phi) is 1.71. The summed E-state index contributed by atoms with van der Waals surface area (Å²) < 4.78 is 0. The van der Waals surface area contributed by atoms with E-state index in [0.29, 0.717) is 11.8 Å². The average molecular weight is 170 g/mol. The molecular weight excluding hydrogens is 160 g/mol. The Morgan fingerprint density at radius 3 is 2.69 bits per heavy atom. The van der Waals surface area contributed by atoms with E-state index in [-0.39, 0.29) is 0 Å². The van der Waals surface area contributed by atoms with Gasteiger partial charge in [-0.05, 0) is 19.8 Å². The summed E-state index contributed by atoms with van der Waals surface area (Å²) in [6, 6.07) is 4.49. The minimum atomic E-state index is 0.358. The number of nitriles is 2. The lowest BCUT2D eigenvalue weighted by atomic mass is 10.0. The standard InChI is InChI=1S/C11H10N2/c1-7-2-3-8(5-12)9-4-10(9)11(7)6-13/h3,9-10H,2,4H2,1H3. The molecule has 0 radical (unpaired) electrons. The van der Waals surface area contributed by atoms with E-state index in [2.05, 4.69) is 12.1 Å². The second-order valence-corrected chi connectivity index (χ2v) is 3.73. The van der Waals surface area contributed by atoms with E-state index in [1.165, 1.54) is 0 Å². The average Bonchev–Trinajstić information content (AvgIpc) is 2.86. The fourth-order valence-corrected chi connectivity index (χ4v) is 2.01. The van der Waals surface area contributed by atoms with Crippen LogP contribution < -0.4 is 0 Å². The Bertz CT molecular complexity index is 387. The fraction of sp³-hybridized carbons (Fsp3) is 0.455. The van der Waals surface area contributed by atoms with Crippen molar-refractivity contribution in [3.05, 3.63) is 22.8 Å². The Morgan fingerprint density at radius 1 is 1.31 bits per heavy atom. The van der Waals surface area contributed by atoms with Crippen molar-refractivity contribution in [3.63, 3.8) is 0 Å². The number of nitrogens with zero attached hydrogens (tertiary/aromatic N) is 2. The van der Waals surface area contributed by atoms with E-state index in [1.807, 2.05) is 13.0 Å². The summed E-state index contributed by atoms with van der Waals surface area (Å²) in [4.78, 5) is 0. The van der Waals surface area contributed by atoms with Gasteiger partial charge >= 0.3 is 0 Å². The molecule has 0 bridgehead atoms. The molecule has 0 N–H and O–H groups in total. The van der Waals surface area contributed by atoms with E-state index >= 15 is 0 Å². The first-order valence-electron chi connectivity index (χ1n) is 4.47. The topological polar surface area (TPSA) is 47.6 Å². The Balaban J connectivity index is 2.35. The van der Waals surface area contributed by atoms with Crippen molar-refractivity contribution in [1.82, 2.24) is 0 Å². The van der Waals surface area contributed by atoms with E-state index in [1.54, 1.807) is 0 Å². The van der Waals surface area contributed by atoms with Crippen molar-refractivity contribution >= 4 is 0 Å². The smallest absolute Gasteiger partial charge is 0.0949 e. The van der Waals surface area contributed by atoms with Gasteiger partial charge in [-0.3, -0.25) is 0 Å². The van der Waals surface area contributed by atoms with Crippen LogP contribution in [-0.2, 0) is 0 Å². The normalized spacial score (nSPS) is 30.8. The SMILES string of the molecule is CC1=C(C#N)C2CC2C(C#N)=CC1. The van der Waals surface area contributed by atoms with Crippen LogP contribution in [0.1, 0.15) is 19.8 Å². The highest BCUT2D eigenvalue weighted by Gasteiger charge is 2.44. The molecule has 0 spiro atoms. The van der Waals surface area contributed by atoms with Gasteiger partial charge in [-0.1, -0.05) is 11.6 Å². The molecule has 2 atom stereocenters. The minimum absolute atomic E-state index is 0.358. The maximum absolute atomic E-state index is 8.93. The molecule has 64 valence electrons. The van der Waals surface area contributed by atoms with Crippen molar-refractivity contribution in [2.45, 2.75) is 19.8 Å². The van der Waals surface area contributed by atoms with Crippen molar-refractivity contribution in [1.29, 1.82) is 10.5 Å². The molecule has 2 aliphatic carbocycles. The van der Waals surface area contributed by atoms with Gasteiger partial charge in [-0.15, -0.1) is 0 Å². The first-order valence-corrected chi connectivity index (χ1v) is 4.47. The minimum Gasteiger partial charge on any atom is -0.193 e. The van der Waals surface area contributed by atoms with Gasteiger partial charge in [0, 0.05) is 23.0 Å². The van der Waals surface area contributed by atoms with Crippen LogP contribution in [0, 0.1) is 34.5 Å². The lowest BCUT2D eigenvalue weighted by Gasteiger charge is -1.97. The third-order valence-electron chi connectivity index (χ3n) is 2.90. The van der Waals surface area contributed by atoms with E-state index in [9.17, 15) is 0 Å². The van der Waals surface area contributed by atoms with Gasteiger partial charge in [0.2, 0.25) is 0 Å². The predicted molar refractivity (Wildman–Crippen MR) is 48.2 cm³/mol. The Morgan fingerprint density at radius 2 is 2.08 bits per heavy atom. The third kappa shape index (κ3) is 1.15. The molecule has 2 unspecified atom stereocenters. The van der Waals surface area contributed by atoms with Crippen LogP contribution in [0.2, 0.25) is 0 Å². The largest absolute Gasteiger partial charge is 0.193 e. The van der Waals surface area contributed by atoms with Crippen molar-refractivity contribution in [2.75, 3.05) is 0 Å².